The molecule has 1 unspecified atom stereocenters. The standard InChI is InChI=1S/C19H25N3O2/c1-6-22-16-7-11(2)13(9-15-17(23)21-18(24)20-15)8-14(16)12(3)10-19(22,4)5/h7-9,12H,6,10H2,1-5H3,(H2,20,21,23,24)/b15-9+. The summed E-state index contributed by atoms with van der Waals surface area (Å²) in [6.45, 7) is 12.0. The second-order valence-electron chi connectivity index (χ2n) is 7.40. The van der Waals surface area contributed by atoms with Crippen molar-refractivity contribution in [1.82, 2.24) is 10.6 Å². The normalized spacial score (nSPS) is 24.0. The predicted octanol–water partition coefficient (Wildman–Crippen LogP) is 3.29. The lowest BCUT2D eigenvalue weighted by Crippen LogP contribution is -2.48. The van der Waals surface area contributed by atoms with Gasteiger partial charge in [-0.15, -0.1) is 0 Å². The molecule has 128 valence electrons. The highest BCUT2D eigenvalue weighted by Crippen LogP contribution is 2.44. The van der Waals surface area contributed by atoms with E-state index in [9.17, 15) is 9.59 Å². The van der Waals surface area contributed by atoms with Crippen molar-refractivity contribution in [2.45, 2.75) is 52.5 Å². The summed E-state index contributed by atoms with van der Waals surface area (Å²) >= 11 is 0. The number of urea groups is 1. The summed E-state index contributed by atoms with van der Waals surface area (Å²) in [5, 5.41) is 4.79. The maximum atomic E-state index is 11.8. The average molecular weight is 327 g/mol. The van der Waals surface area contributed by atoms with E-state index in [4.69, 9.17) is 0 Å². The van der Waals surface area contributed by atoms with E-state index >= 15 is 0 Å². The minimum Gasteiger partial charge on any atom is -0.366 e. The zero-order chi connectivity index (χ0) is 17.6. The van der Waals surface area contributed by atoms with E-state index < -0.39 is 6.03 Å². The largest absolute Gasteiger partial charge is 0.366 e. The Kier molecular flexibility index (Phi) is 3.90. The van der Waals surface area contributed by atoms with Gasteiger partial charge in [-0.25, -0.2) is 4.79 Å². The van der Waals surface area contributed by atoms with Gasteiger partial charge in [0.15, 0.2) is 0 Å². The lowest BCUT2D eigenvalue weighted by Gasteiger charge is -2.47. The fourth-order valence-corrected chi connectivity index (χ4v) is 4.04. The third-order valence-corrected chi connectivity index (χ3v) is 5.11. The van der Waals surface area contributed by atoms with Crippen LogP contribution in [0.2, 0.25) is 0 Å². The van der Waals surface area contributed by atoms with Crippen molar-refractivity contribution in [3.05, 3.63) is 34.5 Å². The summed E-state index contributed by atoms with van der Waals surface area (Å²) in [7, 11) is 0. The van der Waals surface area contributed by atoms with E-state index in [1.54, 1.807) is 6.08 Å². The highest BCUT2D eigenvalue weighted by atomic mass is 16.2. The van der Waals surface area contributed by atoms with Gasteiger partial charge in [-0.05, 0) is 74.9 Å². The number of imide groups is 1. The summed E-state index contributed by atoms with van der Waals surface area (Å²) in [5.74, 6) is 0.0732. The fraction of sp³-hybridized carbons (Fsp3) is 0.474. The molecule has 3 rings (SSSR count). The molecule has 0 radical (unpaired) electrons. The van der Waals surface area contributed by atoms with Crippen molar-refractivity contribution in [3.63, 3.8) is 0 Å². The molecule has 5 nitrogen and oxygen atoms in total. The number of benzene rings is 1. The second kappa shape index (κ2) is 5.65. The van der Waals surface area contributed by atoms with Gasteiger partial charge < -0.3 is 10.2 Å². The highest BCUT2D eigenvalue weighted by Gasteiger charge is 2.35. The number of amides is 3. The molecule has 24 heavy (non-hydrogen) atoms. The van der Waals surface area contributed by atoms with Gasteiger partial charge in [0.25, 0.3) is 5.91 Å². The molecule has 0 bridgehead atoms. The molecular weight excluding hydrogens is 302 g/mol. The van der Waals surface area contributed by atoms with Crippen LogP contribution in [0.3, 0.4) is 0 Å². The first kappa shape index (κ1) is 16.6. The third kappa shape index (κ3) is 2.68. The molecule has 2 heterocycles. The van der Waals surface area contributed by atoms with Crippen LogP contribution in [-0.2, 0) is 4.79 Å². The Morgan fingerprint density at radius 3 is 2.58 bits per heavy atom. The van der Waals surface area contributed by atoms with E-state index in [2.05, 4.69) is 55.4 Å². The fourth-order valence-electron chi connectivity index (χ4n) is 4.04. The van der Waals surface area contributed by atoms with Crippen molar-refractivity contribution in [2.24, 2.45) is 0 Å². The Bertz CT molecular complexity index is 749. The Labute approximate surface area is 143 Å². The number of carbonyl (C=O) groups is 2. The topological polar surface area (TPSA) is 61.4 Å². The number of nitrogens with zero attached hydrogens (tertiary/aromatic N) is 1. The highest BCUT2D eigenvalue weighted by molar-refractivity contribution is 6.14. The molecule has 1 saturated heterocycles. The smallest absolute Gasteiger partial charge is 0.326 e. The minimum atomic E-state index is -0.464. The minimum absolute atomic E-state index is 0.132. The summed E-state index contributed by atoms with van der Waals surface area (Å²) in [5.41, 5.74) is 5.09. The predicted molar refractivity (Wildman–Crippen MR) is 96.0 cm³/mol. The van der Waals surface area contributed by atoms with Crippen molar-refractivity contribution in [3.8, 4) is 0 Å². The quantitative estimate of drug-likeness (QED) is 0.647. The number of rotatable bonds is 2. The first-order valence-electron chi connectivity index (χ1n) is 8.49. The summed E-state index contributed by atoms with van der Waals surface area (Å²) in [6, 6.07) is 3.91. The lowest BCUT2D eigenvalue weighted by molar-refractivity contribution is -0.115. The molecule has 1 fully saturated rings. The SMILES string of the molecule is CCN1c2cc(C)c(/C=C3/NC(=O)NC3=O)cc2C(C)CC1(C)C. The number of aryl methyl sites for hydroxylation is 1. The second-order valence-corrected chi connectivity index (χ2v) is 7.40. The van der Waals surface area contributed by atoms with E-state index in [0.717, 1.165) is 24.1 Å². The summed E-state index contributed by atoms with van der Waals surface area (Å²) in [4.78, 5) is 25.5. The van der Waals surface area contributed by atoms with Crippen molar-refractivity contribution < 1.29 is 9.59 Å². The van der Waals surface area contributed by atoms with Crippen LogP contribution in [0, 0.1) is 6.92 Å². The zero-order valence-corrected chi connectivity index (χ0v) is 15.0. The molecule has 2 N–H and O–H groups in total. The van der Waals surface area contributed by atoms with Gasteiger partial charge in [0.2, 0.25) is 0 Å². The van der Waals surface area contributed by atoms with E-state index in [1.165, 1.54) is 11.3 Å². The van der Waals surface area contributed by atoms with Gasteiger partial charge in [0, 0.05) is 17.8 Å². The molecule has 5 heteroatoms. The van der Waals surface area contributed by atoms with Crippen LogP contribution in [0.4, 0.5) is 10.5 Å². The Balaban J connectivity index is 2.08. The average Bonchev–Trinajstić information content (AvgIpc) is 2.78. The van der Waals surface area contributed by atoms with Gasteiger partial charge in [0.1, 0.15) is 5.70 Å². The molecule has 1 aromatic rings. The Morgan fingerprint density at radius 2 is 2.00 bits per heavy atom. The Hall–Kier alpha value is -2.30. The van der Waals surface area contributed by atoms with E-state index in [0.29, 0.717) is 11.6 Å². The molecule has 2 aliphatic rings. The van der Waals surface area contributed by atoms with E-state index in [-0.39, 0.29) is 11.4 Å². The van der Waals surface area contributed by atoms with Crippen LogP contribution in [0.5, 0.6) is 0 Å². The van der Waals surface area contributed by atoms with Crippen molar-refractivity contribution in [1.29, 1.82) is 0 Å². The van der Waals surface area contributed by atoms with Gasteiger partial charge in [-0.2, -0.15) is 0 Å². The van der Waals surface area contributed by atoms with Gasteiger partial charge in [-0.1, -0.05) is 6.92 Å². The van der Waals surface area contributed by atoms with E-state index in [1.807, 2.05) is 6.92 Å². The molecule has 0 aliphatic carbocycles. The van der Waals surface area contributed by atoms with Crippen LogP contribution in [0.1, 0.15) is 56.7 Å². The first-order chi connectivity index (χ1) is 11.2. The number of carbonyl (C=O) groups excluding carboxylic acids is 2. The lowest BCUT2D eigenvalue weighted by atomic mass is 9.79. The molecule has 2 aliphatic heterocycles. The number of fused-ring (bicyclic) bond motifs is 1. The van der Waals surface area contributed by atoms with Crippen LogP contribution >= 0.6 is 0 Å². The first-order valence-corrected chi connectivity index (χ1v) is 8.49. The Morgan fingerprint density at radius 1 is 1.29 bits per heavy atom. The molecule has 0 aromatic heterocycles. The number of nitrogens with one attached hydrogen (secondary N) is 2. The number of anilines is 1. The van der Waals surface area contributed by atoms with Gasteiger partial charge in [0.05, 0.1) is 0 Å². The number of hydrogen-bond acceptors (Lipinski definition) is 3. The van der Waals surface area contributed by atoms with Crippen molar-refractivity contribution in [2.75, 3.05) is 11.4 Å². The van der Waals surface area contributed by atoms with Crippen LogP contribution in [-0.4, -0.2) is 24.0 Å². The summed E-state index contributed by atoms with van der Waals surface area (Å²) in [6.07, 6.45) is 2.85. The van der Waals surface area contributed by atoms with Crippen LogP contribution in [0.25, 0.3) is 6.08 Å². The molecule has 0 saturated carbocycles. The third-order valence-electron chi connectivity index (χ3n) is 5.11. The maximum absolute atomic E-state index is 11.8. The van der Waals surface area contributed by atoms with Crippen LogP contribution < -0.4 is 15.5 Å². The molecule has 3 amide bonds. The summed E-state index contributed by atoms with van der Waals surface area (Å²) < 4.78 is 0. The van der Waals surface area contributed by atoms with Gasteiger partial charge >= 0.3 is 6.03 Å². The molecule has 1 aromatic carbocycles. The zero-order valence-electron chi connectivity index (χ0n) is 15.0. The molecule has 1 atom stereocenters. The molecule has 0 spiro atoms. The van der Waals surface area contributed by atoms with Crippen molar-refractivity contribution >= 4 is 23.7 Å². The monoisotopic (exact) mass is 327 g/mol. The maximum Gasteiger partial charge on any atom is 0.326 e. The molecular formula is C19H25N3O2. The number of hydrogen-bond donors (Lipinski definition) is 2. The van der Waals surface area contributed by atoms with Crippen LogP contribution in [0.15, 0.2) is 17.8 Å². The van der Waals surface area contributed by atoms with Gasteiger partial charge in [-0.3, -0.25) is 10.1 Å².